The number of aromatic nitrogens is 3. The van der Waals surface area contributed by atoms with Gasteiger partial charge >= 0.3 is 0 Å². The fourth-order valence-electron chi connectivity index (χ4n) is 2.77. The Hall–Kier alpha value is -2.80. The van der Waals surface area contributed by atoms with Crippen LogP contribution in [0.3, 0.4) is 0 Å². The quantitative estimate of drug-likeness (QED) is 0.639. The molecule has 0 amide bonds. The Balaban J connectivity index is 0.00000261. The fourth-order valence-corrected chi connectivity index (χ4v) is 2.77. The van der Waals surface area contributed by atoms with Crippen LogP contribution in [0.2, 0.25) is 0 Å². The highest BCUT2D eigenvalue weighted by molar-refractivity contribution is 5.85. The second-order valence-electron chi connectivity index (χ2n) is 5.87. The van der Waals surface area contributed by atoms with Gasteiger partial charge in [0.05, 0.1) is 14.2 Å². The zero-order chi connectivity index (χ0) is 18.7. The molecule has 8 heteroatoms. The highest BCUT2D eigenvalue weighted by Gasteiger charge is 2.16. The van der Waals surface area contributed by atoms with Crippen LogP contribution in [0, 0.1) is 5.82 Å². The Bertz CT molecular complexity index is 899. The third kappa shape index (κ3) is 4.31. The molecule has 0 aliphatic heterocycles. The second kappa shape index (κ2) is 8.73. The number of nitrogens with zero attached hydrogens (tertiary/aromatic N) is 4. The predicted octanol–water partition coefficient (Wildman–Crippen LogP) is 3.75. The topological polar surface area (TPSA) is 52.4 Å². The van der Waals surface area contributed by atoms with E-state index in [1.165, 1.54) is 12.1 Å². The SMILES string of the molecule is COc1ccc(OC)c(Cc2nnc(N(C)c3ccc(F)cc3)n2C)c1.Cl. The average molecular weight is 393 g/mol. The van der Waals surface area contributed by atoms with Gasteiger partial charge in [0.1, 0.15) is 23.1 Å². The van der Waals surface area contributed by atoms with Crippen molar-refractivity contribution in [2.45, 2.75) is 6.42 Å². The lowest BCUT2D eigenvalue weighted by Gasteiger charge is -2.18. The molecule has 0 atom stereocenters. The third-order valence-corrected chi connectivity index (χ3v) is 4.29. The third-order valence-electron chi connectivity index (χ3n) is 4.29. The molecule has 3 aromatic rings. The number of ether oxygens (including phenoxy) is 2. The van der Waals surface area contributed by atoms with E-state index in [9.17, 15) is 4.39 Å². The number of hydrogen-bond donors (Lipinski definition) is 0. The fraction of sp³-hybridized carbons (Fsp3) is 0.263. The molecule has 0 bridgehead atoms. The number of hydrogen-bond acceptors (Lipinski definition) is 5. The minimum Gasteiger partial charge on any atom is -0.497 e. The summed E-state index contributed by atoms with van der Waals surface area (Å²) in [4.78, 5) is 1.86. The van der Waals surface area contributed by atoms with E-state index in [1.54, 1.807) is 26.4 Å². The Morgan fingerprint density at radius 2 is 1.74 bits per heavy atom. The summed E-state index contributed by atoms with van der Waals surface area (Å²) in [6, 6.07) is 11.9. The Morgan fingerprint density at radius 3 is 2.37 bits per heavy atom. The van der Waals surface area contributed by atoms with Crippen LogP contribution < -0.4 is 14.4 Å². The molecule has 2 aromatic carbocycles. The first-order valence-corrected chi connectivity index (χ1v) is 8.12. The van der Waals surface area contributed by atoms with E-state index in [0.717, 1.165) is 28.6 Å². The van der Waals surface area contributed by atoms with Crippen LogP contribution in [-0.4, -0.2) is 36.0 Å². The van der Waals surface area contributed by atoms with Gasteiger partial charge in [-0.2, -0.15) is 0 Å². The first kappa shape index (κ1) is 20.5. The first-order valence-electron chi connectivity index (χ1n) is 8.12. The molecule has 0 fully saturated rings. The number of halogens is 2. The monoisotopic (exact) mass is 392 g/mol. The van der Waals surface area contributed by atoms with Crippen LogP contribution in [-0.2, 0) is 13.5 Å². The normalized spacial score (nSPS) is 10.3. The largest absolute Gasteiger partial charge is 0.497 e. The van der Waals surface area contributed by atoms with Crippen molar-refractivity contribution in [2.24, 2.45) is 7.05 Å². The molecule has 1 heterocycles. The van der Waals surface area contributed by atoms with Crippen LogP contribution in [0.4, 0.5) is 16.0 Å². The maximum atomic E-state index is 13.1. The minimum absolute atomic E-state index is 0. The van der Waals surface area contributed by atoms with Gasteiger partial charge in [-0.3, -0.25) is 4.57 Å². The maximum absolute atomic E-state index is 13.1. The molecule has 1 aromatic heterocycles. The Morgan fingerprint density at radius 1 is 1.04 bits per heavy atom. The summed E-state index contributed by atoms with van der Waals surface area (Å²) in [7, 11) is 7.03. The molecule has 144 valence electrons. The molecule has 27 heavy (non-hydrogen) atoms. The van der Waals surface area contributed by atoms with E-state index in [-0.39, 0.29) is 18.2 Å². The number of methoxy groups -OCH3 is 2. The van der Waals surface area contributed by atoms with Crippen molar-refractivity contribution in [2.75, 3.05) is 26.2 Å². The van der Waals surface area contributed by atoms with Crippen molar-refractivity contribution in [3.8, 4) is 11.5 Å². The lowest BCUT2D eigenvalue weighted by Crippen LogP contribution is -2.15. The van der Waals surface area contributed by atoms with Crippen LogP contribution in [0.5, 0.6) is 11.5 Å². The highest BCUT2D eigenvalue weighted by Crippen LogP contribution is 2.27. The van der Waals surface area contributed by atoms with Gasteiger partial charge in [0.15, 0.2) is 0 Å². The van der Waals surface area contributed by atoms with Crippen LogP contribution in [0.1, 0.15) is 11.4 Å². The lowest BCUT2D eigenvalue weighted by atomic mass is 10.1. The van der Waals surface area contributed by atoms with Gasteiger partial charge in [-0.15, -0.1) is 22.6 Å². The van der Waals surface area contributed by atoms with Gasteiger partial charge in [-0.25, -0.2) is 4.39 Å². The predicted molar refractivity (Wildman–Crippen MR) is 105 cm³/mol. The molecule has 0 radical (unpaired) electrons. The lowest BCUT2D eigenvalue weighted by molar-refractivity contribution is 0.399. The number of anilines is 2. The molecule has 0 unspecified atom stereocenters. The van der Waals surface area contributed by atoms with E-state index in [1.807, 2.05) is 41.8 Å². The van der Waals surface area contributed by atoms with Crippen molar-refractivity contribution in [1.82, 2.24) is 14.8 Å². The van der Waals surface area contributed by atoms with E-state index in [2.05, 4.69) is 10.2 Å². The molecule has 0 N–H and O–H groups in total. The van der Waals surface area contributed by atoms with Crippen molar-refractivity contribution in [3.63, 3.8) is 0 Å². The minimum atomic E-state index is -0.272. The van der Waals surface area contributed by atoms with Gasteiger partial charge in [-0.1, -0.05) is 0 Å². The van der Waals surface area contributed by atoms with Gasteiger partial charge < -0.3 is 14.4 Å². The summed E-state index contributed by atoms with van der Waals surface area (Å²) in [6.07, 6.45) is 0.543. The van der Waals surface area contributed by atoms with Gasteiger partial charge in [-0.05, 0) is 42.5 Å². The average Bonchev–Trinajstić information content (AvgIpc) is 3.02. The molecular formula is C19H22ClFN4O2. The summed E-state index contributed by atoms with van der Waals surface area (Å²) in [6.45, 7) is 0. The van der Waals surface area contributed by atoms with E-state index in [4.69, 9.17) is 9.47 Å². The van der Waals surface area contributed by atoms with E-state index < -0.39 is 0 Å². The number of rotatable bonds is 6. The van der Waals surface area contributed by atoms with Crippen molar-refractivity contribution < 1.29 is 13.9 Å². The summed E-state index contributed by atoms with van der Waals surface area (Å²) in [5.74, 6) is 2.69. The van der Waals surface area contributed by atoms with Crippen LogP contribution in [0.15, 0.2) is 42.5 Å². The van der Waals surface area contributed by atoms with Crippen molar-refractivity contribution in [3.05, 3.63) is 59.7 Å². The van der Waals surface area contributed by atoms with Gasteiger partial charge in [0.25, 0.3) is 0 Å². The van der Waals surface area contributed by atoms with Crippen molar-refractivity contribution >= 4 is 24.0 Å². The Labute approximate surface area is 164 Å². The molecule has 0 aliphatic rings. The first-order chi connectivity index (χ1) is 12.5. The van der Waals surface area contributed by atoms with Crippen LogP contribution >= 0.6 is 12.4 Å². The summed E-state index contributed by atoms with van der Waals surface area (Å²) < 4.78 is 25.8. The summed E-state index contributed by atoms with van der Waals surface area (Å²) in [5, 5.41) is 8.59. The van der Waals surface area contributed by atoms with Crippen LogP contribution in [0.25, 0.3) is 0 Å². The molecular weight excluding hydrogens is 371 g/mol. The molecule has 0 saturated carbocycles. The van der Waals surface area contributed by atoms with E-state index >= 15 is 0 Å². The molecule has 3 rings (SSSR count). The molecule has 0 spiro atoms. The molecule has 6 nitrogen and oxygen atoms in total. The van der Waals surface area contributed by atoms with Gasteiger partial charge in [0.2, 0.25) is 5.95 Å². The summed E-state index contributed by atoms with van der Waals surface area (Å²) >= 11 is 0. The highest BCUT2D eigenvalue weighted by atomic mass is 35.5. The second-order valence-corrected chi connectivity index (χ2v) is 5.87. The Kier molecular flexibility index (Phi) is 6.63. The van der Waals surface area contributed by atoms with Crippen molar-refractivity contribution in [1.29, 1.82) is 0 Å². The standard InChI is InChI=1S/C19H21FN4O2.ClH/c1-23(15-7-5-14(20)6-8-15)19-22-21-18(24(19)2)12-13-11-16(25-3)9-10-17(13)26-4;/h5-11H,12H2,1-4H3;1H. The zero-order valence-electron chi connectivity index (χ0n) is 15.6. The molecule has 0 saturated heterocycles. The zero-order valence-corrected chi connectivity index (χ0v) is 16.5. The van der Waals surface area contributed by atoms with Gasteiger partial charge in [0, 0.05) is 31.8 Å². The number of benzene rings is 2. The smallest absolute Gasteiger partial charge is 0.231 e. The maximum Gasteiger partial charge on any atom is 0.231 e. The van der Waals surface area contributed by atoms with E-state index in [0.29, 0.717) is 12.4 Å². The summed E-state index contributed by atoms with van der Waals surface area (Å²) in [5.41, 5.74) is 1.78. The molecule has 0 aliphatic carbocycles.